The van der Waals surface area contributed by atoms with Gasteiger partial charge in [-0.15, -0.1) is 5.10 Å². The molecule has 208 valence electrons. The Morgan fingerprint density at radius 2 is 1.88 bits per heavy atom. The highest BCUT2D eigenvalue weighted by molar-refractivity contribution is 5.67. The maximum atomic E-state index is 14.6. The van der Waals surface area contributed by atoms with E-state index in [4.69, 9.17) is 14.1 Å². The third kappa shape index (κ3) is 4.69. The number of hydrogen-bond acceptors (Lipinski definition) is 8. The SMILES string of the molecule is CCOC(=O)NCc1coc(-c2cncc([C@@]3(C)c4nnc(-c5c(F)cccc5F)cc4[C@H](C)CC3(C)C)n2)n1. The van der Waals surface area contributed by atoms with Gasteiger partial charge in [-0.3, -0.25) is 4.98 Å². The lowest BCUT2D eigenvalue weighted by Crippen LogP contribution is -2.47. The van der Waals surface area contributed by atoms with Crippen LogP contribution in [0, 0.1) is 17.0 Å². The molecule has 2 atom stereocenters. The first kappa shape index (κ1) is 27.3. The minimum Gasteiger partial charge on any atom is -0.450 e. The third-order valence-electron chi connectivity index (χ3n) is 7.82. The molecule has 4 aromatic rings. The van der Waals surface area contributed by atoms with E-state index in [0.717, 1.165) is 12.0 Å². The fourth-order valence-corrected chi connectivity index (χ4v) is 5.46. The van der Waals surface area contributed by atoms with E-state index < -0.39 is 23.1 Å². The van der Waals surface area contributed by atoms with Crippen molar-refractivity contribution in [1.82, 2.24) is 30.5 Å². The Balaban J connectivity index is 1.54. The number of oxazole rings is 1. The van der Waals surface area contributed by atoms with Gasteiger partial charge in [-0.2, -0.15) is 5.10 Å². The second-order valence-corrected chi connectivity index (χ2v) is 10.8. The van der Waals surface area contributed by atoms with E-state index >= 15 is 0 Å². The van der Waals surface area contributed by atoms with E-state index in [2.05, 4.69) is 46.3 Å². The maximum absolute atomic E-state index is 14.6. The number of nitrogens with one attached hydrogen (secondary N) is 1. The topological polar surface area (TPSA) is 116 Å². The first-order chi connectivity index (χ1) is 19.0. The van der Waals surface area contributed by atoms with Gasteiger partial charge in [0.25, 0.3) is 0 Å². The normalized spacial score (nSPS) is 19.6. The molecule has 0 spiro atoms. The van der Waals surface area contributed by atoms with Gasteiger partial charge in [0.2, 0.25) is 5.89 Å². The number of rotatable bonds is 6. The number of ether oxygens (including phenoxy) is 1. The van der Waals surface area contributed by atoms with E-state index in [1.807, 2.05) is 6.92 Å². The van der Waals surface area contributed by atoms with Crippen molar-refractivity contribution in [1.29, 1.82) is 0 Å². The fourth-order valence-electron chi connectivity index (χ4n) is 5.46. The molecular weight excluding hydrogens is 518 g/mol. The summed E-state index contributed by atoms with van der Waals surface area (Å²) < 4.78 is 39.6. The molecule has 0 bridgehead atoms. The van der Waals surface area contributed by atoms with E-state index in [1.165, 1.54) is 24.5 Å². The van der Waals surface area contributed by atoms with Gasteiger partial charge in [0.15, 0.2) is 0 Å². The minimum atomic E-state index is -0.752. The summed E-state index contributed by atoms with van der Waals surface area (Å²) in [6.45, 7) is 10.5. The highest BCUT2D eigenvalue weighted by Crippen LogP contribution is 2.56. The molecule has 0 saturated heterocycles. The summed E-state index contributed by atoms with van der Waals surface area (Å²) in [4.78, 5) is 25.4. The van der Waals surface area contributed by atoms with Crippen molar-refractivity contribution in [2.24, 2.45) is 5.41 Å². The molecule has 3 aromatic heterocycles. The molecule has 0 aliphatic heterocycles. The van der Waals surface area contributed by atoms with Crippen LogP contribution in [0.4, 0.5) is 13.6 Å². The van der Waals surface area contributed by atoms with Crippen LogP contribution in [0.1, 0.15) is 69.6 Å². The van der Waals surface area contributed by atoms with E-state index in [-0.39, 0.29) is 41.6 Å². The zero-order valence-corrected chi connectivity index (χ0v) is 23.0. The lowest BCUT2D eigenvalue weighted by Gasteiger charge is -2.49. The van der Waals surface area contributed by atoms with Crippen LogP contribution in [0.2, 0.25) is 0 Å². The highest BCUT2D eigenvalue weighted by Gasteiger charge is 2.52. The van der Waals surface area contributed by atoms with Gasteiger partial charge >= 0.3 is 6.09 Å². The number of carbonyl (C=O) groups excluding carboxylic acids is 1. The van der Waals surface area contributed by atoms with Crippen LogP contribution in [0.15, 0.2) is 47.3 Å². The molecule has 11 heteroatoms. The summed E-state index contributed by atoms with van der Waals surface area (Å²) in [6.07, 6.45) is 4.89. The summed E-state index contributed by atoms with van der Waals surface area (Å²) in [5, 5.41) is 11.5. The monoisotopic (exact) mass is 548 g/mol. The van der Waals surface area contributed by atoms with Gasteiger partial charge in [-0.25, -0.2) is 23.5 Å². The second-order valence-electron chi connectivity index (χ2n) is 10.8. The lowest BCUT2D eigenvalue weighted by molar-refractivity contribution is 0.151. The molecule has 0 radical (unpaired) electrons. The van der Waals surface area contributed by atoms with Crippen LogP contribution in [0.5, 0.6) is 0 Å². The molecule has 1 N–H and O–H groups in total. The van der Waals surface area contributed by atoms with Gasteiger partial charge in [-0.1, -0.05) is 26.8 Å². The van der Waals surface area contributed by atoms with E-state index in [9.17, 15) is 13.6 Å². The molecule has 0 fully saturated rings. The Kier molecular flexibility index (Phi) is 7.07. The first-order valence-corrected chi connectivity index (χ1v) is 13.1. The number of benzene rings is 1. The number of fused-ring (bicyclic) bond motifs is 1. The Morgan fingerprint density at radius 3 is 2.60 bits per heavy atom. The Bertz CT molecular complexity index is 1550. The lowest BCUT2D eigenvalue weighted by atomic mass is 9.54. The molecule has 9 nitrogen and oxygen atoms in total. The van der Waals surface area contributed by atoms with Gasteiger partial charge < -0.3 is 14.5 Å². The fraction of sp³-hybridized carbons (Fsp3) is 0.379. The van der Waals surface area contributed by atoms with Crippen LogP contribution in [-0.2, 0) is 16.7 Å². The van der Waals surface area contributed by atoms with Crippen molar-refractivity contribution in [2.45, 2.75) is 58.9 Å². The van der Waals surface area contributed by atoms with Crippen LogP contribution in [0.3, 0.4) is 0 Å². The average molecular weight is 549 g/mol. The molecule has 1 aliphatic rings. The Hall–Kier alpha value is -4.28. The number of carbonyl (C=O) groups is 1. The zero-order valence-electron chi connectivity index (χ0n) is 23.0. The predicted molar refractivity (Wildman–Crippen MR) is 142 cm³/mol. The molecule has 1 aromatic carbocycles. The minimum absolute atomic E-state index is 0.0551. The summed E-state index contributed by atoms with van der Waals surface area (Å²) in [7, 11) is 0. The summed E-state index contributed by atoms with van der Waals surface area (Å²) in [5.41, 5.74) is 1.93. The van der Waals surface area contributed by atoms with Crippen LogP contribution in [0.25, 0.3) is 22.8 Å². The van der Waals surface area contributed by atoms with Crippen molar-refractivity contribution in [2.75, 3.05) is 6.61 Å². The van der Waals surface area contributed by atoms with Crippen molar-refractivity contribution in [3.8, 4) is 22.8 Å². The highest BCUT2D eigenvalue weighted by atomic mass is 19.1. The maximum Gasteiger partial charge on any atom is 0.407 e. The molecule has 0 unspecified atom stereocenters. The number of alkyl carbamates (subject to hydrolysis) is 1. The average Bonchev–Trinajstić information content (AvgIpc) is 3.40. The van der Waals surface area contributed by atoms with Crippen LogP contribution in [-0.4, -0.2) is 37.8 Å². The number of halogens is 2. The summed E-state index contributed by atoms with van der Waals surface area (Å²) in [5.74, 6) is -1.08. The smallest absolute Gasteiger partial charge is 0.407 e. The molecule has 3 heterocycles. The van der Waals surface area contributed by atoms with Crippen molar-refractivity contribution < 1.29 is 22.7 Å². The molecule has 1 amide bonds. The Morgan fingerprint density at radius 1 is 1.12 bits per heavy atom. The Labute approximate surface area is 230 Å². The van der Waals surface area contributed by atoms with E-state index in [1.54, 1.807) is 25.4 Å². The van der Waals surface area contributed by atoms with Crippen LogP contribution >= 0.6 is 0 Å². The predicted octanol–water partition coefficient (Wildman–Crippen LogP) is 5.95. The molecular formula is C29H30F2N6O3. The second kappa shape index (κ2) is 10.4. The molecule has 0 saturated carbocycles. The third-order valence-corrected chi connectivity index (χ3v) is 7.82. The number of amides is 1. The van der Waals surface area contributed by atoms with Gasteiger partial charge in [0.1, 0.15) is 23.6 Å². The molecule has 40 heavy (non-hydrogen) atoms. The van der Waals surface area contributed by atoms with Crippen molar-refractivity contribution in [3.05, 3.63) is 77.2 Å². The zero-order chi connectivity index (χ0) is 28.7. The van der Waals surface area contributed by atoms with E-state index in [0.29, 0.717) is 22.8 Å². The first-order valence-electron chi connectivity index (χ1n) is 13.1. The number of aromatic nitrogens is 5. The van der Waals surface area contributed by atoms with Crippen molar-refractivity contribution in [3.63, 3.8) is 0 Å². The van der Waals surface area contributed by atoms with Gasteiger partial charge in [0.05, 0.1) is 53.1 Å². The van der Waals surface area contributed by atoms with Crippen LogP contribution < -0.4 is 5.32 Å². The summed E-state index contributed by atoms with van der Waals surface area (Å²) >= 11 is 0. The van der Waals surface area contributed by atoms with Gasteiger partial charge in [-0.05, 0) is 55.4 Å². The largest absolute Gasteiger partial charge is 0.450 e. The summed E-state index contributed by atoms with van der Waals surface area (Å²) in [6, 6.07) is 5.47. The number of nitrogens with zero attached hydrogens (tertiary/aromatic N) is 5. The molecule has 1 aliphatic carbocycles. The standard InChI is InChI=1S/C29H30F2N6O3/c1-6-39-27(38)33-12-17-15-40-26(34-17)22-13-32-14-23(35-22)29(5)25-18(16(2)11-28(29,3)4)10-21(36-37-25)24-19(30)8-7-9-20(24)31/h7-10,13-16H,6,11-12H2,1-5H3,(H,33,38)/t16-,29+/m1/s1. The molecule has 5 rings (SSSR count). The quantitative estimate of drug-likeness (QED) is 0.314. The van der Waals surface area contributed by atoms with Crippen molar-refractivity contribution >= 4 is 6.09 Å². The number of hydrogen-bond donors (Lipinski definition) is 1. The van der Waals surface area contributed by atoms with Gasteiger partial charge in [0, 0.05) is 6.20 Å².